The van der Waals surface area contributed by atoms with Gasteiger partial charge in [-0.15, -0.1) is 0 Å². The molecule has 0 heterocycles. The van der Waals surface area contributed by atoms with Crippen molar-refractivity contribution in [1.29, 1.82) is 0 Å². The smallest absolute Gasteiger partial charge is 0.244 e. The van der Waals surface area contributed by atoms with Crippen LogP contribution in [0.1, 0.15) is 31.4 Å². The van der Waals surface area contributed by atoms with Crippen molar-refractivity contribution in [3.63, 3.8) is 0 Å². The van der Waals surface area contributed by atoms with E-state index in [0.29, 0.717) is 12.1 Å². The van der Waals surface area contributed by atoms with Gasteiger partial charge in [0.25, 0.3) is 0 Å². The Kier molecular flexibility index (Phi) is 7.67. The minimum atomic E-state index is -3.65. The van der Waals surface area contributed by atoms with E-state index in [2.05, 4.69) is 5.32 Å². The first-order valence-corrected chi connectivity index (χ1v) is 11.5. The van der Waals surface area contributed by atoms with Crippen molar-refractivity contribution in [2.24, 2.45) is 0 Å². The van der Waals surface area contributed by atoms with E-state index in [1.165, 1.54) is 4.31 Å². The lowest BCUT2D eigenvalue weighted by Crippen LogP contribution is -2.52. The molecule has 2 unspecified atom stereocenters. The quantitative estimate of drug-likeness (QED) is 0.677. The summed E-state index contributed by atoms with van der Waals surface area (Å²) in [4.78, 5) is 12.9. The first-order valence-electron chi connectivity index (χ1n) is 9.68. The zero-order chi connectivity index (χ0) is 21.6. The number of nitrogens with zero attached hydrogens (tertiary/aromatic N) is 1. The molecule has 0 aliphatic rings. The highest BCUT2D eigenvalue weighted by atomic mass is 32.2. The third-order valence-corrected chi connectivity index (χ3v) is 5.74. The molecular weight excluding hydrogens is 388 g/mol. The molecule has 0 saturated heterocycles. The van der Waals surface area contributed by atoms with Gasteiger partial charge in [-0.2, -0.15) is 0 Å². The number of ether oxygens (including phenoxy) is 1. The van der Waals surface area contributed by atoms with Crippen LogP contribution in [0, 0.1) is 13.8 Å². The summed E-state index contributed by atoms with van der Waals surface area (Å²) in [6, 6.07) is 13.7. The molecule has 1 N–H and O–H groups in total. The van der Waals surface area contributed by atoms with Crippen LogP contribution in [0.15, 0.2) is 48.5 Å². The van der Waals surface area contributed by atoms with Crippen LogP contribution >= 0.6 is 0 Å². The molecule has 2 atom stereocenters. The van der Waals surface area contributed by atoms with Crippen molar-refractivity contribution in [3.05, 3.63) is 59.7 Å². The van der Waals surface area contributed by atoms with Crippen molar-refractivity contribution in [2.45, 2.75) is 46.2 Å². The van der Waals surface area contributed by atoms with Crippen LogP contribution in [-0.4, -0.2) is 39.3 Å². The summed E-state index contributed by atoms with van der Waals surface area (Å²) in [5.74, 6) is 0.415. The fourth-order valence-corrected chi connectivity index (χ4v) is 4.34. The molecule has 1 amide bonds. The number of amides is 1. The van der Waals surface area contributed by atoms with Crippen LogP contribution in [-0.2, 0) is 14.8 Å². The van der Waals surface area contributed by atoms with Crippen LogP contribution in [0.25, 0.3) is 0 Å². The van der Waals surface area contributed by atoms with Gasteiger partial charge in [-0.3, -0.25) is 9.10 Å². The molecule has 0 radical (unpaired) electrons. The molecule has 6 nitrogen and oxygen atoms in total. The maximum atomic E-state index is 12.9. The number of carbonyl (C=O) groups is 1. The molecule has 2 rings (SSSR count). The molecule has 0 saturated carbocycles. The number of hydrogen-bond donors (Lipinski definition) is 1. The lowest BCUT2D eigenvalue weighted by Gasteiger charge is -2.31. The second-order valence-corrected chi connectivity index (χ2v) is 9.17. The highest BCUT2D eigenvalue weighted by Gasteiger charge is 2.32. The first kappa shape index (κ1) is 22.7. The lowest BCUT2D eigenvalue weighted by atomic mass is 10.1. The largest absolute Gasteiger partial charge is 0.491 e. The van der Waals surface area contributed by atoms with E-state index in [-0.39, 0.29) is 18.6 Å². The van der Waals surface area contributed by atoms with Gasteiger partial charge in [0.05, 0.1) is 18.0 Å². The standard InChI is InChI=1S/C22H30N2O4S/c1-6-20(24(29(5,26)27)19-12-9-10-16(2)14-19)22(25)23-18(4)15-28-21-13-8-7-11-17(21)3/h7-14,18,20H,6,15H2,1-5H3,(H,23,25). The van der Waals surface area contributed by atoms with Gasteiger partial charge < -0.3 is 10.1 Å². The molecule has 2 aromatic rings. The molecule has 0 bridgehead atoms. The Morgan fingerprint density at radius 2 is 1.83 bits per heavy atom. The lowest BCUT2D eigenvalue weighted by molar-refractivity contribution is -0.123. The Morgan fingerprint density at radius 3 is 2.41 bits per heavy atom. The average Bonchev–Trinajstić information content (AvgIpc) is 2.64. The van der Waals surface area contributed by atoms with E-state index in [9.17, 15) is 13.2 Å². The van der Waals surface area contributed by atoms with E-state index in [4.69, 9.17) is 4.74 Å². The van der Waals surface area contributed by atoms with Crippen molar-refractivity contribution < 1.29 is 17.9 Å². The van der Waals surface area contributed by atoms with Gasteiger partial charge in [-0.25, -0.2) is 8.42 Å². The second kappa shape index (κ2) is 9.78. The number of hydrogen-bond acceptors (Lipinski definition) is 4. The number of para-hydroxylation sites is 1. The molecular formula is C22H30N2O4S. The SMILES string of the molecule is CCC(C(=O)NC(C)COc1ccccc1C)N(c1cccc(C)c1)S(C)(=O)=O. The molecule has 0 fully saturated rings. The van der Waals surface area contributed by atoms with Gasteiger partial charge in [-0.05, 0) is 56.5 Å². The second-order valence-electron chi connectivity index (χ2n) is 7.31. The average molecular weight is 419 g/mol. The molecule has 29 heavy (non-hydrogen) atoms. The van der Waals surface area contributed by atoms with Crippen molar-refractivity contribution in [2.75, 3.05) is 17.2 Å². The van der Waals surface area contributed by atoms with Crippen molar-refractivity contribution in [1.82, 2.24) is 5.32 Å². The Balaban J connectivity index is 2.13. The fourth-order valence-electron chi connectivity index (χ4n) is 3.14. The van der Waals surface area contributed by atoms with Crippen LogP contribution in [0.5, 0.6) is 5.75 Å². The van der Waals surface area contributed by atoms with E-state index in [0.717, 1.165) is 23.1 Å². The van der Waals surface area contributed by atoms with Crippen LogP contribution in [0.2, 0.25) is 0 Å². The fraction of sp³-hybridized carbons (Fsp3) is 0.409. The van der Waals surface area contributed by atoms with Gasteiger partial charge in [-0.1, -0.05) is 37.3 Å². The van der Waals surface area contributed by atoms with Gasteiger partial charge in [0.1, 0.15) is 18.4 Å². The molecule has 158 valence electrons. The molecule has 0 aromatic heterocycles. The maximum absolute atomic E-state index is 12.9. The van der Waals surface area contributed by atoms with E-state index >= 15 is 0 Å². The van der Waals surface area contributed by atoms with E-state index in [1.54, 1.807) is 25.1 Å². The minimum absolute atomic E-state index is 0.282. The van der Waals surface area contributed by atoms with Crippen molar-refractivity contribution in [3.8, 4) is 5.75 Å². The normalized spacial score (nSPS) is 13.4. The summed E-state index contributed by atoms with van der Waals surface area (Å²) < 4.78 is 32.0. The van der Waals surface area contributed by atoms with Gasteiger partial charge in [0, 0.05) is 0 Å². The number of nitrogens with one attached hydrogen (secondary N) is 1. The molecule has 0 aliphatic carbocycles. The van der Waals surface area contributed by atoms with Crippen molar-refractivity contribution >= 4 is 21.6 Å². The monoisotopic (exact) mass is 418 g/mol. The minimum Gasteiger partial charge on any atom is -0.491 e. The Labute approximate surface area is 173 Å². The molecule has 0 aliphatic heterocycles. The third-order valence-electron chi connectivity index (χ3n) is 4.56. The van der Waals surface area contributed by atoms with Gasteiger partial charge >= 0.3 is 0 Å². The number of aryl methyl sites for hydroxylation is 2. The van der Waals surface area contributed by atoms with Crippen LogP contribution < -0.4 is 14.4 Å². The number of benzene rings is 2. The molecule has 7 heteroatoms. The maximum Gasteiger partial charge on any atom is 0.244 e. The van der Waals surface area contributed by atoms with E-state index < -0.39 is 16.1 Å². The number of sulfonamides is 1. The Morgan fingerprint density at radius 1 is 1.14 bits per heavy atom. The predicted octanol–water partition coefficient (Wildman–Crippen LogP) is 3.43. The summed E-state index contributed by atoms with van der Waals surface area (Å²) >= 11 is 0. The van der Waals surface area contributed by atoms with Crippen LogP contribution in [0.4, 0.5) is 5.69 Å². The highest BCUT2D eigenvalue weighted by molar-refractivity contribution is 7.92. The van der Waals surface area contributed by atoms with Crippen LogP contribution in [0.3, 0.4) is 0 Å². The highest BCUT2D eigenvalue weighted by Crippen LogP contribution is 2.23. The zero-order valence-electron chi connectivity index (χ0n) is 17.7. The Hall–Kier alpha value is -2.54. The first-order chi connectivity index (χ1) is 13.6. The molecule has 2 aromatic carbocycles. The summed E-state index contributed by atoms with van der Waals surface area (Å²) in [5.41, 5.74) is 2.42. The number of carbonyl (C=O) groups excluding carboxylic acids is 1. The Bertz CT molecular complexity index is 943. The summed E-state index contributed by atoms with van der Waals surface area (Å²) in [5, 5.41) is 2.89. The summed E-state index contributed by atoms with van der Waals surface area (Å²) in [7, 11) is -3.65. The molecule has 0 spiro atoms. The number of anilines is 1. The summed E-state index contributed by atoms with van der Waals surface area (Å²) in [6.45, 7) is 7.76. The van der Waals surface area contributed by atoms with Gasteiger partial charge in [0.2, 0.25) is 15.9 Å². The topological polar surface area (TPSA) is 75.7 Å². The summed E-state index contributed by atoms with van der Waals surface area (Å²) in [6.07, 6.45) is 1.47. The zero-order valence-corrected chi connectivity index (χ0v) is 18.5. The van der Waals surface area contributed by atoms with Gasteiger partial charge in [0.15, 0.2) is 0 Å². The third kappa shape index (κ3) is 6.22. The number of rotatable bonds is 9. The van der Waals surface area contributed by atoms with E-state index in [1.807, 2.05) is 51.1 Å². The predicted molar refractivity (Wildman–Crippen MR) is 117 cm³/mol.